The van der Waals surface area contributed by atoms with E-state index in [1.807, 2.05) is 24.3 Å². The summed E-state index contributed by atoms with van der Waals surface area (Å²) in [4.78, 5) is 16.4. The van der Waals surface area contributed by atoms with Gasteiger partial charge in [-0.3, -0.25) is 4.79 Å². The van der Waals surface area contributed by atoms with Crippen molar-refractivity contribution >= 4 is 5.91 Å². The molecule has 0 aliphatic heterocycles. The van der Waals surface area contributed by atoms with E-state index in [1.165, 1.54) is 24.6 Å². The number of nitrogens with one attached hydrogen (secondary N) is 1. The van der Waals surface area contributed by atoms with E-state index < -0.39 is 0 Å². The van der Waals surface area contributed by atoms with Gasteiger partial charge in [0.1, 0.15) is 11.8 Å². The highest BCUT2D eigenvalue weighted by molar-refractivity contribution is 5.92. The predicted octanol–water partition coefficient (Wildman–Crippen LogP) is 2.70. The summed E-state index contributed by atoms with van der Waals surface area (Å²) in [5.74, 6) is 0.389. The Bertz CT molecular complexity index is 685. The Balaban J connectivity index is 1.68. The average Bonchev–Trinajstić information content (AvgIpc) is 3.40. The van der Waals surface area contributed by atoms with E-state index in [1.54, 1.807) is 12.1 Å². The maximum atomic E-state index is 12.3. The molecule has 1 N–H and O–H groups in total. The monoisotopic (exact) mass is 291 g/mol. The molecule has 1 aliphatic rings. The average molecular weight is 291 g/mol. The van der Waals surface area contributed by atoms with Crippen molar-refractivity contribution < 1.29 is 4.79 Å². The molecule has 2 aromatic rings. The minimum absolute atomic E-state index is 0.146. The minimum atomic E-state index is -0.169. The Morgan fingerprint density at radius 2 is 2.05 bits per heavy atom. The molecule has 1 saturated carbocycles. The molecule has 110 valence electrons. The largest absolute Gasteiger partial charge is 0.347 e. The molecule has 1 atom stereocenters. The molecule has 1 aliphatic carbocycles. The first-order valence-corrected chi connectivity index (χ1v) is 7.47. The highest BCUT2D eigenvalue weighted by Gasteiger charge is 2.32. The molecule has 1 aromatic heterocycles. The summed E-state index contributed by atoms with van der Waals surface area (Å²) in [5.41, 5.74) is 2.05. The van der Waals surface area contributed by atoms with Gasteiger partial charge in [0.25, 0.3) is 5.91 Å². The molecule has 4 heteroatoms. The second-order valence-corrected chi connectivity index (χ2v) is 5.65. The van der Waals surface area contributed by atoms with Crippen LogP contribution in [0.3, 0.4) is 0 Å². The number of aromatic nitrogens is 1. The molecule has 0 unspecified atom stereocenters. The van der Waals surface area contributed by atoms with Crippen LogP contribution in [0.1, 0.15) is 34.5 Å². The fourth-order valence-electron chi connectivity index (χ4n) is 2.54. The summed E-state index contributed by atoms with van der Waals surface area (Å²) in [5, 5.41) is 11.9. The zero-order valence-corrected chi connectivity index (χ0v) is 12.2. The van der Waals surface area contributed by atoms with Crippen LogP contribution in [0.15, 0.2) is 48.7 Å². The van der Waals surface area contributed by atoms with E-state index in [0.29, 0.717) is 17.2 Å². The lowest BCUT2D eigenvalue weighted by Crippen LogP contribution is -2.38. The van der Waals surface area contributed by atoms with Gasteiger partial charge in [0, 0.05) is 12.2 Å². The first-order chi connectivity index (χ1) is 10.8. The van der Waals surface area contributed by atoms with E-state index in [9.17, 15) is 4.79 Å². The molecule has 0 saturated heterocycles. The van der Waals surface area contributed by atoms with Crippen LogP contribution in [0.4, 0.5) is 0 Å². The van der Waals surface area contributed by atoms with Crippen molar-refractivity contribution in [2.75, 3.05) is 0 Å². The molecule has 22 heavy (non-hydrogen) atoms. The van der Waals surface area contributed by atoms with Gasteiger partial charge in [0.15, 0.2) is 0 Å². The normalized spacial score (nSPS) is 14.9. The summed E-state index contributed by atoms with van der Waals surface area (Å²) >= 11 is 0. The fourth-order valence-corrected chi connectivity index (χ4v) is 2.54. The minimum Gasteiger partial charge on any atom is -0.347 e. The van der Waals surface area contributed by atoms with Crippen LogP contribution < -0.4 is 5.32 Å². The molecule has 0 spiro atoms. The van der Waals surface area contributed by atoms with E-state index in [0.717, 1.165) is 6.42 Å². The third-order valence-corrected chi connectivity index (χ3v) is 3.93. The number of pyridine rings is 1. The number of benzene rings is 1. The summed E-state index contributed by atoms with van der Waals surface area (Å²) in [7, 11) is 0. The Morgan fingerprint density at radius 3 is 2.64 bits per heavy atom. The van der Waals surface area contributed by atoms with Gasteiger partial charge in [-0.1, -0.05) is 30.3 Å². The van der Waals surface area contributed by atoms with Crippen molar-refractivity contribution in [1.82, 2.24) is 10.3 Å². The molecular formula is C18H17N3O. The van der Waals surface area contributed by atoms with Gasteiger partial charge in [0.05, 0.1) is 5.56 Å². The number of carbonyl (C=O) groups excluding carboxylic acids is 1. The maximum absolute atomic E-state index is 12.3. The third kappa shape index (κ3) is 3.50. The highest BCUT2D eigenvalue weighted by atomic mass is 16.1. The predicted molar refractivity (Wildman–Crippen MR) is 83.1 cm³/mol. The third-order valence-electron chi connectivity index (χ3n) is 3.93. The molecule has 1 fully saturated rings. The van der Waals surface area contributed by atoms with Gasteiger partial charge in [-0.05, 0) is 42.9 Å². The van der Waals surface area contributed by atoms with E-state index in [2.05, 4.69) is 22.4 Å². The van der Waals surface area contributed by atoms with Crippen molar-refractivity contribution in [1.29, 1.82) is 5.26 Å². The standard InChI is InChI=1S/C18H17N3O/c19-11-14-6-9-16(20-12-14)18(22)21-17(15-7-8-15)10-13-4-2-1-3-5-13/h1-6,9,12,15,17H,7-8,10H2,(H,21,22)/t17-/m0/s1. The molecule has 1 amide bonds. The molecule has 1 aromatic carbocycles. The lowest BCUT2D eigenvalue weighted by molar-refractivity contribution is 0.0927. The van der Waals surface area contributed by atoms with Crippen LogP contribution in [-0.2, 0) is 6.42 Å². The summed E-state index contributed by atoms with van der Waals surface area (Å²) in [6.45, 7) is 0. The van der Waals surface area contributed by atoms with Crippen LogP contribution in [0.2, 0.25) is 0 Å². The lowest BCUT2D eigenvalue weighted by Gasteiger charge is -2.18. The van der Waals surface area contributed by atoms with E-state index in [4.69, 9.17) is 5.26 Å². The van der Waals surface area contributed by atoms with Gasteiger partial charge < -0.3 is 5.32 Å². The van der Waals surface area contributed by atoms with Gasteiger partial charge >= 0.3 is 0 Å². The number of nitriles is 1. The Hall–Kier alpha value is -2.67. The summed E-state index contributed by atoms with van der Waals surface area (Å²) in [6, 6.07) is 15.6. The SMILES string of the molecule is N#Cc1ccc(C(=O)N[C@@H](Cc2ccccc2)C2CC2)nc1. The Kier molecular flexibility index (Phi) is 4.15. The number of nitrogens with zero attached hydrogens (tertiary/aromatic N) is 2. The number of hydrogen-bond acceptors (Lipinski definition) is 3. The smallest absolute Gasteiger partial charge is 0.270 e. The second kappa shape index (κ2) is 6.40. The van der Waals surface area contributed by atoms with Crippen LogP contribution in [0.5, 0.6) is 0 Å². The Labute approximate surface area is 129 Å². The van der Waals surface area contributed by atoms with Gasteiger partial charge in [-0.25, -0.2) is 4.98 Å². The van der Waals surface area contributed by atoms with Crippen molar-refractivity contribution in [3.63, 3.8) is 0 Å². The quantitative estimate of drug-likeness (QED) is 0.921. The van der Waals surface area contributed by atoms with Crippen LogP contribution in [0.25, 0.3) is 0 Å². The molecule has 0 radical (unpaired) electrons. The first kappa shape index (κ1) is 14.3. The summed E-state index contributed by atoms with van der Waals surface area (Å²) in [6.07, 6.45) is 4.60. The van der Waals surface area contributed by atoms with E-state index in [-0.39, 0.29) is 11.9 Å². The number of hydrogen-bond donors (Lipinski definition) is 1. The molecule has 4 nitrogen and oxygen atoms in total. The van der Waals surface area contributed by atoms with Crippen molar-refractivity contribution in [2.24, 2.45) is 5.92 Å². The van der Waals surface area contributed by atoms with Crippen molar-refractivity contribution in [2.45, 2.75) is 25.3 Å². The second-order valence-electron chi connectivity index (χ2n) is 5.65. The zero-order chi connectivity index (χ0) is 15.4. The number of carbonyl (C=O) groups is 1. The number of rotatable bonds is 5. The lowest BCUT2D eigenvalue weighted by atomic mass is 10.0. The van der Waals surface area contributed by atoms with Gasteiger partial charge in [-0.2, -0.15) is 5.26 Å². The number of amides is 1. The first-order valence-electron chi connectivity index (χ1n) is 7.47. The van der Waals surface area contributed by atoms with Crippen molar-refractivity contribution in [3.8, 4) is 6.07 Å². The fraction of sp³-hybridized carbons (Fsp3) is 0.278. The molecular weight excluding hydrogens is 274 g/mol. The highest BCUT2D eigenvalue weighted by Crippen LogP contribution is 2.34. The molecule has 1 heterocycles. The Morgan fingerprint density at radius 1 is 1.27 bits per heavy atom. The van der Waals surface area contributed by atoms with Crippen molar-refractivity contribution in [3.05, 3.63) is 65.5 Å². The van der Waals surface area contributed by atoms with Crippen LogP contribution in [0, 0.1) is 17.2 Å². The van der Waals surface area contributed by atoms with Gasteiger partial charge in [-0.15, -0.1) is 0 Å². The van der Waals surface area contributed by atoms with Crippen LogP contribution >= 0.6 is 0 Å². The zero-order valence-electron chi connectivity index (χ0n) is 12.2. The summed E-state index contributed by atoms with van der Waals surface area (Å²) < 4.78 is 0. The van der Waals surface area contributed by atoms with E-state index >= 15 is 0 Å². The maximum Gasteiger partial charge on any atom is 0.270 e. The van der Waals surface area contributed by atoms with Gasteiger partial charge in [0.2, 0.25) is 0 Å². The molecule has 3 rings (SSSR count). The topological polar surface area (TPSA) is 65.8 Å². The van der Waals surface area contributed by atoms with Crippen LogP contribution in [-0.4, -0.2) is 16.9 Å². The molecule has 0 bridgehead atoms.